The van der Waals surface area contributed by atoms with Crippen LogP contribution >= 0.6 is 11.6 Å². The third-order valence-corrected chi connectivity index (χ3v) is 7.49. The van der Waals surface area contributed by atoms with Gasteiger partial charge in [-0.2, -0.15) is 5.01 Å². The predicted molar refractivity (Wildman–Crippen MR) is 120 cm³/mol. The average molecular weight is 482 g/mol. The first-order valence-corrected chi connectivity index (χ1v) is 11.4. The monoisotopic (exact) mass is 481 g/mol. The number of Topliss-reactive ketones (excluding diaryl/α,β-unsaturated/α-hetero) is 1. The van der Waals surface area contributed by atoms with E-state index in [2.05, 4.69) is 0 Å². The number of nitrogens with zero attached hydrogens (tertiary/aromatic N) is 3. The molecule has 10 heteroatoms. The molecule has 2 aliphatic carbocycles. The Hall–Kier alpha value is -3.59. The van der Waals surface area contributed by atoms with Gasteiger partial charge in [0.05, 0.1) is 27.3 Å². The molecular weight excluding hydrogens is 462 g/mol. The van der Waals surface area contributed by atoms with Crippen LogP contribution in [0, 0.1) is 33.8 Å². The van der Waals surface area contributed by atoms with E-state index in [0.29, 0.717) is 0 Å². The molecular formula is C24H20ClN3O6. The maximum Gasteiger partial charge on any atom is 0.274 e. The molecule has 1 saturated heterocycles. The van der Waals surface area contributed by atoms with Crippen molar-refractivity contribution in [3.63, 3.8) is 0 Å². The molecule has 2 saturated carbocycles. The number of carbonyl (C=O) groups is 4. The number of hydrogen-bond donors (Lipinski definition) is 0. The van der Waals surface area contributed by atoms with Gasteiger partial charge in [0.1, 0.15) is 6.54 Å². The lowest BCUT2D eigenvalue weighted by Crippen LogP contribution is -2.52. The van der Waals surface area contributed by atoms with Crippen LogP contribution in [0.5, 0.6) is 0 Å². The second kappa shape index (κ2) is 8.32. The number of nitro groups is 1. The molecule has 9 nitrogen and oxygen atoms in total. The summed E-state index contributed by atoms with van der Waals surface area (Å²) in [6, 6.07) is 11.3. The Kier molecular flexibility index (Phi) is 5.44. The van der Waals surface area contributed by atoms with Crippen molar-refractivity contribution in [2.75, 3.05) is 6.54 Å². The molecule has 3 fully saturated rings. The van der Waals surface area contributed by atoms with Crippen molar-refractivity contribution >= 4 is 40.8 Å². The second-order valence-corrected chi connectivity index (χ2v) is 9.35. The van der Waals surface area contributed by atoms with Gasteiger partial charge in [0, 0.05) is 17.7 Å². The smallest absolute Gasteiger partial charge is 0.274 e. The molecule has 0 N–H and O–H groups in total. The number of hydrazine groups is 1. The lowest BCUT2D eigenvalue weighted by atomic mass is 9.81. The third-order valence-electron chi connectivity index (χ3n) is 7.16. The standard InChI is InChI=1S/C24H20ClN3O6/c25-18-7-2-1-6-17(18)22(30)26(12-19(29)13-4-3-5-16(11-13)28(33)34)27-23(31)20-14-8-9-15(10-14)21(20)24(27)32/h1-7,11,14-15,20-21H,8-10,12H2/t14-,15-,20+,21+/m0/s1. The summed E-state index contributed by atoms with van der Waals surface area (Å²) in [6.07, 6.45) is 2.55. The molecule has 1 heterocycles. The van der Waals surface area contributed by atoms with Crippen LogP contribution in [0.15, 0.2) is 48.5 Å². The van der Waals surface area contributed by atoms with Crippen LogP contribution in [0.3, 0.4) is 0 Å². The van der Waals surface area contributed by atoms with Gasteiger partial charge in [0.2, 0.25) is 0 Å². The van der Waals surface area contributed by atoms with Crippen molar-refractivity contribution in [1.82, 2.24) is 10.0 Å². The number of ketones is 1. The average Bonchev–Trinajstić information content (AvgIpc) is 3.51. The topological polar surface area (TPSA) is 118 Å². The number of nitro benzene ring substituents is 1. The Balaban J connectivity index is 1.51. The number of benzene rings is 2. The van der Waals surface area contributed by atoms with E-state index in [-0.39, 0.29) is 33.7 Å². The van der Waals surface area contributed by atoms with Crippen LogP contribution in [0.25, 0.3) is 0 Å². The van der Waals surface area contributed by atoms with E-state index >= 15 is 0 Å². The third kappa shape index (κ3) is 3.47. The molecule has 2 aromatic carbocycles. The molecule has 0 aromatic heterocycles. The van der Waals surface area contributed by atoms with Gasteiger partial charge in [0.25, 0.3) is 23.4 Å². The quantitative estimate of drug-likeness (QED) is 0.269. The number of fused-ring (bicyclic) bond motifs is 5. The molecule has 4 atom stereocenters. The van der Waals surface area contributed by atoms with Gasteiger partial charge < -0.3 is 0 Å². The first-order valence-electron chi connectivity index (χ1n) is 11.0. The van der Waals surface area contributed by atoms with Gasteiger partial charge in [-0.05, 0) is 43.2 Å². The van der Waals surface area contributed by atoms with E-state index in [1.54, 1.807) is 12.1 Å². The fourth-order valence-corrected chi connectivity index (χ4v) is 5.87. The van der Waals surface area contributed by atoms with E-state index in [1.807, 2.05) is 0 Å². The van der Waals surface area contributed by atoms with Gasteiger partial charge in [0.15, 0.2) is 5.78 Å². The Morgan fingerprint density at radius 2 is 1.68 bits per heavy atom. The summed E-state index contributed by atoms with van der Waals surface area (Å²) in [7, 11) is 0. The molecule has 5 rings (SSSR count). The SMILES string of the molecule is O=C(CN(C(=O)c1ccccc1Cl)N1C(=O)[C@@H]2[C@H]3CC[C@@H](C3)[C@H]2C1=O)c1cccc([N+](=O)[O-])c1. The van der Waals surface area contributed by atoms with E-state index in [4.69, 9.17) is 11.6 Å². The maximum atomic E-state index is 13.5. The molecule has 0 radical (unpaired) electrons. The Bertz CT molecular complexity index is 1220. The minimum absolute atomic E-state index is 0.00878. The highest BCUT2D eigenvalue weighted by Crippen LogP contribution is 2.56. The molecule has 3 aliphatic rings. The van der Waals surface area contributed by atoms with Crippen LogP contribution in [0.2, 0.25) is 5.02 Å². The van der Waals surface area contributed by atoms with Crippen molar-refractivity contribution in [3.8, 4) is 0 Å². The number of imide groups is 1. The Morgan fingerprint density at radius 3 is 2.29 bits per heavy atom. The van der Waals surface area contributed by atoms with E-state index < -0.39 is 46.8 Å². The van der Waals surface area contributed by atoms with Crippen molar-refractivity contribution in [3.05, 3.63) is 74.8 Å². The summed E-state index contributed by atoms with van der Waals surface area (Å²) < 4.78 is 0. The first kappa shape index (κ1) is 22.2. The van der Waals surface area contributed by atoms with Crippen molar-refractivity contribution < 1.29 is 24.1 Å². The van der Waals surface area contributed by atoms with Gasteiger partial charge in [-0.3, -0.25) is 29.3 Å². The zero-order valence-electron chi connectivity index (χ0n) is 17.9. The van der Waals surface area contributed by atoms with Gasteiger partial charge in [-0.15, -0.1) is 0 Å². The molecule has 34 heavy (non-hydrogen) atoms. The van der Waals surface area contributed by atoms with E-state index in [0.717, 1.165) is 35.3 Å². The number of amides is 3. The van der Waals surface area contributed by atoms with E-state index in [9.17, 15) is 29.3 Å². The molecule has 2 aromatic rings. The van der Waals surface area contributed by atoms with Crippen LogP contribution in [0.1, 0.15) is 40.0 Å². The molecule has 174 valence electrons. The number of rotatable bonds is 6. The van der Waals surface area contributed by atoms with E-state index in [1.165, 1.54) is 30.3 Å². The highest BCUT2D eigenvalue weighted by atomic mass is 35.5. The Labute approximate surface area is 199 Å². The molecule has 2 bridgehead atoms. The highest BCUT2D eigenvalue weighted by molar-refractivity contribution is 6.34. The number of hydrogen-bond acceptors (Lipinski definition) is 6. The van der Waals surface area contributed by atoms with Crippen LogP contribution in [-0.2, 0) is 9.59 Å². The summed E-state index contributed by atoms with van der Waals surface area (Å²) in [4.78, 5) is 63.9. The minimum Gasteiger partial charge on any atom is -0.292 e. The number of non-ortho nitro benzene ring substituents is 1. The largest absolute Gasteiger partial charge is 0.292 e. The van der Waals surface area contributed by atoms with Gasteiger partial charge in [-0.25, -0.2) is 5.01 Å². The van der Waals surface area contributed by atoms with Crippen molar-refractivity contribution in [1.29, 1.82) is 0 Å². The lowest BCUT2D eigenvalue weighted by Gasteiger charge is -2.31. The highest BCUT2D eigenvalue weighted by Gasteiger charge is 2.62. The van der Waals surface area contributed by atoms with Crippen molar-refractivity contribution in [2.45, 2.75) is 19.3 Å². The molecule has 0 spiro atoms. The van der Waals surface area contributed by atoms with Gasteiger partial charge in [-0.1, -0.05) is 35.9 Å². The predicted octanol–water partition coefficient (Wildman–Crippen LogP) is 3.52. The number of halogens is 1. The fourth-order valence-electron chi connectivity index (χ4n) is 5.66. The summed E-state index contributed by atoms with van der Waals surface area (Å²) in [6.45, 7) is -0.641. The van der Waals surface area contributed by atoms with Crippen LogP contribution in [-0.4, -0.2) is 45.0 Å². The maximum absolute atomic E-state index is 13.5. The zero-order chi connectivity index (χ0) is 24.1. The summed E-state index contributed by atoms with van der Waals surface area (Å²) in [5, 5.41) is 12.9. The normalized spacial score (nSPS) is 24.9. The van der Waals surface area contributed by atoms with Gasteiger partial charge >= 0.3 is 0 Å². The second-order valence-electron chi connectivity index (χ2n) is 8.95. The summed E-state index contributed by atoms with van der Waals surface area (Å²) in [5.74, 6) is -3.14. The number of carbonyl (C=O) groups excluding carboxylic acids is 4. The molecule has 3 amide bonds. The van der Waals surface area contributed by atoms with Crippen LogP contribution < -0.4 is 0 Å². The van der Waals surface area contributed by atoms with Crippen molar-refractivity contribution in [2.24, 2.45) is 23.7 Å². The molecule has 1 aliphatic heterocycles. The zero-order valence-corrected chi connectivity index (χ0v) is 18.7. The first-order chi connectivity index (χ1) is 16.3. The fraction of sp³-hybridized carbons (Fsp3) is 0.333. The summed E-state index contributed by atoms with van der Waals surface area (Å²) >= 11 is 6.21. The summed E-state index contributed by atoms with van der Waals surface area (Å²) in [5.41, 5.74) is -0.253. The minimum atomic E-state index is -0.765. The Morgan fingerprint density at radius 1 is 1.03 bits per heavy atom. The molecule has 0 unspecified atom stereocenters. The lowest BCUT2D eigenvalue weighted by molar-refractivity contribution is -0.384. The van der Waals surface area contributed by atoms with Crippen LogP contribution in [0.4, 0.5) is 5.69 Å².